The van der Waals surface area contributed by atoms with Gasteiger partial charge in [0, 0.05) is 0 Å². The Hall–Kier alpha value is -2.72. The van der Waals surface area contributed by atoms with Crippen LogP contribution in [0.1, 0.15) is 5.56 Å². The summed E-state index contributed by atoms with van der Waals surface area (Å²) in [5, 5.41) is 20.4. The largest absolute Gasteiger partial charge is 0.548 e. The molecule has 0 saturated carbocycles. The molecule has 11 heteroatoms. The molecule has 0 bridgehead atoms. The minimum Gasteiger partial charge on any atom is -0.548 e. The summed E-state index contributed by atoms with van der Waals surface area (Å²) in [6.45, 7) is -1.58. The number of carboxylic acid groups (broad SMARTS) is 2. The highest BCUT2D eigenvalue weighted by molar-refractivity contribution is 8.18. The summed E-state index contributed by atoms with van der Waals surface area (Å²) in [6.07, 6.45) is 1.32. The first-order chi connectivity index (χ1) is 12.2. The quantitative estimate of drug-likeness (QED) is 0.543. The van der Waals surface area contributed by atoms with Gasteiger partial charge in [0.2, 0.25) is 0 Å². The van der Waals surface area contributed by atoms with E-state index < -0.39 is 36.2 Å². The Balaban J connectivity index is 2.32. The molecule has 26 heavy (non-hydrogen) atoms. The summed E-state index contributed by atoms with van der Waals surface area (Å²) in [6, 6.07) is 2.77. The van der Waals surface area contributed by atoms with Crippen molar-refractivity contribution in [2.24, 2.45) is 0 Å². The van der Waals surface area contributed by atoms with Crippen molar-refractivity contribution in [1.82, 2.24) is 4.90 Å². The van der Waals surface area contributed by atoms with E-state index in [0.29, 0.717) is 22.2 Å². The number of rotatable bonds is 7. The molecule has 0 radical (unpaired) electrons. The van der Waals surface area contributed by atoms with Crippen LogP contribution < -0.4 is 19.7 Å². The van der Waals surface area contributed by atoms with Gasteiger partial charge in [0.1, 0.15) is 6.61 Å². The molecule has 1 saturated heterocycles. The summed E-state index contributed by atoms with van der Waals surface area (Å²) >= 11 is 6.60. The minimum atomic E-state index is -1.56. The van der Waals surface area contributed by atoms with E-state index in [0.717, 1.165) is 0 Å². The lowest BCUT2D eigenvalue weighted by Crippen LogP contribution is -2.40. The van der Waals surface area contributed by atoms with E-state index in [-0.39, 0.29) is 21.4 Å². The fourth-order valence-corrected chi connectivity index (χ4v) is 3.12. The number of benzene rings is 1. The molecule has 1 aromatic rings. The van der Waals surface area contributed by atoms with Crippen LogP contribution in [0.2, 0.25) is 5.02 Å². The second kappa shape index (κ2) is 8.11. The van der Waals surface area contributed by atoms with Gasteiger partial charge in [0.25, 0.3) is 11.1 Å². The van der Waals surface area contributed by atoms with Crippen molar-refractivity contribution >= 4 is 52.5 Å². The van der Waals surface area contributed by atoms with Crippen molar-refractivity contribution in [3.05, 3.63) is 27.6 Å². The third kappa shape index (κ3) is 4.46. The highest BCUT2D eigenvalue weighted by Crippen LogP contribution is 2.38. The van der Waals surface area contributed by atoms with Gasteiger partial charge in [-0.15, -0.1) is 0 Å². The molecule has 1 aromatic carbocycles. The fraction of sp³-hybridized carbons (Fsp3) is 0.200. The molecule has 0 aliphatic carbocycles. The van der Waals surface area contributed by atoms with Gasteiger partial charge < -0.3 is 29.3 Å². The van der Waals surface area contributed by atoms with E-state index >= 15 is 0 Å². The number of aliphatic carboxylic acids is 2. The van der Waals surface area contributed by atoms with Crippen LogP contribution in [-0.2, 0) is 14.4 Å². The summed E-state index contributed by atoms with van der Waals surface area (Å²) in [4.78, 5) is 45.5. The van der Waals surface area contributed by atoms with Crippen molar-refractivity contribution in [1.29, 1.82) is 0 Å². The Morgan fingerprint density at radius 2 is 1.96 bits per heavy atom. The zero-order valence-corrected chi connectivity index (χ0v) is 14.7. The van der Waals surface area contributed by atoms with Crippen molar-refractivity contribution in [2.45, 2.75) is 0 Å². The van der Waals surface area contributed by atoms with Crippen LogP contribution in [0.5, 0.6) is 11.5 Å². The summed E-state index contributed by atoms with van der Waals surface area (Å²) in [7, 11) is 1.30. The SMILES string of the molecule is COc1cc(/C=C2/SC(=O)N(CC(=O)[O-])C2=O)cc(Cl)c1OCC(=O)[O-]. The molecule has 1 heterocycles. The van der Waals surface area contributed by atoms with Crippen LogP contribution in [0.15, 0.2) is 17.0 Å². The predicted molar refractivity (Wildman–Crippen MR) is 86.2 cm³/mol. The summed E-state index contributed by atoms with van der Waals surface area (Å²) < 4.78 is 10.1. The zero-order valence-electron chi connectivity index (χ0n) is 13.1. The number of carbonyl (C=O) groups is 4. The van der Waals surface area contributed by atoms with Crippen LogP contribution in [-0.4, -0.2) is 48.2 Å². The number of hydrogen-bond acceptors (Lipinski definition) is 9. The molecular weight excluding hydrogens is 390 g/mol. The highest BCUT2D eigenvalue weighted by Gasteiger charge is 2.35. The van der Waals surface area contributed by atoms with E-state index in [1.807, 2.05) is 0 Å². The number of halogens is 1. The monoisotopic (exact) mass is 399 g/mol. The number of nitrogens with zero attached hydrogens (tertiary/aromatic N) is 1. The Kier molecular flexibility index (Phi) is 6.11. The Labute approximate surface area is 156 Å². The number of carbonyl (C=O) groups excluding carboxylic acids is 4. The molecule has 1 fully saturated rings. The standard InChI is InChI=1S/C15H12ClNO8S/c1-24-9-3-7(2-8(16)13(9)25-6-12(20)21)4-10-14(22)17(5-11(18)19)15(23)26-10/h2-4H,5-6H2,1H3,(H,18,19)(H,20,21)/p-2/b10-4+. The van der Waals surface area contributed by atoms with E-state index in [1.54, 1.807) is 0 Å². The maximum absolute atomic E-state index is 12.1. The smallest absolute Gasteiger partial charge is 0.293 e. The number of imide groups is 1. The summed E-state index contributed by atoms with van der Waals surface area (Å²) in [5.41, 5.74) is 0.353. The van der Waals surface area contributed by atoms with E-state index in [2.05, 4.69) is 0 Å². The van der Waals surface area contributed by atoms with Crippen molar-refractivity contribution in [2.75, 3.05) is 20.3 Å². The molecule has 2 amide bonds. The van der Waals surface area contributed by atoms with Gasteiger partial charge in [-0.05, 0) is 35.5 Å². The average Bonchev–Trinajstić information content (AvgIpc) is 2.80. The van der Waals surface area contributed by atoms with Gasteiger partial charge >= 0.3 is 0 Å². The average molecular weight is 400 g/mol. The van der Waals surface area contributed by atoms with Gasteiger partial charge in [0.15, 0.2) is 11.5 Å². The molecule has 0 unspecified atom stereocenters. The molecule has 9 nitrogen and oxygen atoms in total. The molecule has 0 N–H and O–H groups in total. The lowest BCUT2D eigenvalue weighted by atomic mass is 10.1. The van der Waals surface area contributed by atoms with Gasteiger partial charge in [-0.1, -0.05) is 11.6 Å². The number of ether oxygens (including phenoxy) is 2. The minimum absolute atomic E-state index is 0.00538. The second-order valence-electron chi connectivity index (χ2n) is 4.83. The predicted octanol–water partition coefficient (Wildman–Crippen LogP) is -0.737. The van der Waals surface area contributed by atoms with E-state index in [1.165, 1.54) is 25.3 Å². The normalized spacial score (nSPS) is 15.5. The van der Waals surface area contributed by atoms with E-state index in [9.17, 15) is 29.4 Å². The third-order valence-corrected chi connectivity index (χ3v) is 4.23. The van der Waals surface area contributed by atoms with Crippen LogP contribution in [0.25, 0.3) is 6.08 Å². The van der Waals surface area contributed by atoms with Gasteiger partial charge in [-0.2, -0.15) is 0 Å². The van der Waals surface area contributed by atoms with Crippen LogP contribution in [0.4, 0.5) is 4.79 Å². The topological polar surface area (TPSA) is 136 Å². The molecule has 2 rings (SSSR count). The molecular formula is C15H10ClNO8S-2. The summed E-state index contributed by atoms with van der Waals surface area (Å²) in [5.74, 6) is -3.72. The maximum Gasteiger partial charge on any atom is 0.293 e. The van der Waals surface area contributed by atoms with Crippen LogP contribution >= 0.6 is 23.4 Å². The van der Waals surface area contributed by atoms with Crippen molar-refractivity contribution in [3.63, 3.8) is 0 Å². The highest BCUT2D eigenvalue weighted by atomic mass is 35.5. The van der Waals surface area contributed by atoms with Crippen LogP contribution in [0.3, 0.4) is 0 Å². The van der Waals surface area contributed by atoms with Gasteiger partial charge in [0.05, 0.1) is 35.5 Å². The number of amides is 2. The molecule has 0 atom stereocenters. The van der Waals surface area contributed by atoms with Gasteiger partial charge in [-0.3, -0.25) is 14.5 Å². The zero-order chi connectivity index (χ0) is 19.4. The molecule has 0 aromatic heterocycles. The number of carboxylic acids is 2. The molecule has 138 valence electrons. The Morgan fingerprint density at radius 3 is 2.54 bits per heavy atom. The maximum atomic E-state index is 12.1. The van der Waals surface area contributed by atoms with Gasteiger partial charge in [-0.25, -0.2) is 0 Å². The van der Waals surface area contributed by atoms with Crippen molar-refractivity contribution < 1.29 is 38.9 Å². The van der Waals surface area contributed by atoms with E-state index in [4.69, 9.17) is 21.1 Å². The number of hydrogen-bond donors (Lipinski definition) is 0. The number of thioether (sulfide) groups is 1. The molecule has 1 aliphatic heterocycles. The lowest BCUT2D eigenvalue weighted by molar-refractivity contribution is -0.308. The number of methoxy groups -OCH3 is 1. The Morgan fingerprint density at radius 1 is 1.27 bits per heavy atom. The lowest BCUT2D eigenvalue weighted by Gasteiger charge is -2.14. The first kappa shape index (κ1) is 19.6. The fourth-order valence-electron chi connectivity index (χ4n) is 2.01. The molecule has 1 aliphatic rings. The first-order valence-electron chi connectivity index (χ1n) is 6.88. The molecule has 0 spiro atoms. The first-order valence-corrected chi connectivity index (χ1v) is 8.07. The Bertz CT molecular complexity index is 822. The van der Waals surface area contributed by atoms with Crippen LogP contribution in [0, 0.1) is 0 Å². The van der Waals surface area contributed by atoms with Crippen molar-refractivity contribution in [3.8, 4) is 11.5 Å². The third-order valence-electron chi connectivity index (χ3n) is 3.04. The second-order valence-corrected chi connectivity index (χ2v) is 6.24.